The molecule has 5 heteroatoms. The molecule has 25 heavy (non-hydrogen) atoms. The van der Waals surface area contributed by atoms with E-state index >= 15 is 0 Å². The van der Waals surface area contributed by atoms with E-state index in [9.17, 15) is 4.79 Å². The summed E-state index contributed by atoms with van der Waals surface area (Å²) in [5.41, 5.74) is 1.68. The van der Waals surface area contributed by atoms with Crippen molar-refractivity contribution in [3.63, 3.8) is 0 Å². The van der Waals surface area contributed by atoms with Gasteiger partial charge in [-0.1, -0.05) is 18.2 Å². The standard InChI is InChI=1S/C20H26N2O2S/c1-24-13-11-16-7-4-5-12-22(16)20(23)18-9-2-3-10-19(18)21-15-17-8-6-14-25-17/h2-3,6,8-10,14,16,21H,4-5,7,11-13,15H2,1H3/t16-/m1/s1. The third-order valence-electron chi connectivity index (χ3n) is 4.73. The number of likely N-dealkylation sites (tertiary alicyclic amines) is 1. The molecule has 1 N–H and O–H groups in total. The first-order chi connectivity index (χ1) is 12.3. The molecule has 1 fully saturated rings. The number of hydrogen-bond donors (Lipinski definition) is 1. The summed E-state index contributed by atoms with van der Waals surface area (Å²) in [7, 11) is 1.72. The molecular weight excluding hydrogens is 332 g/mol. The number of nitrogens with one attached hydrogen (secondary N) is 1. The molecule has 0 radical (unpaired) electrons. The van der Waals surface area contributed by atoms with Crippen LogP contribution < -0.4 is 5.32 Å². The van der Waals surface area contributed by atoms with E-state index in [1.165, 1.54) is 11.3 Å². The van der Waals surface area contributed by atoms with Crippen molar-refractivity contribution in [2.45, 2.75) is 38.3 Å². The van der Waals surface area contributed by atoms with Crippen molar-refractivity contribution < 1.29 is 9.53 Å². The summed E-state index contributed by atoms with van der Waals surface area (Å²) in [4.78, 5) is 16.5. The molecule has 1 aromatic carbocycles. The van der Waals surface area contributed by atoms with Crippen molar-refractivity contribution in [3.8, 4) is 0 Å². The molecule has 1 aromatic heterocycles. The number of anilines is 1. The Morgan fingerprint density at radius 2 is 2.16 bits per heavy atom. The minimum atomic E-state index is 0.134. The minimum Gasteiger partial charge on any atom is -0.385 e. The molecule has 134 valence electrons. The van der Waals surface area contributed by atoms with Gasteiger partial charge in [-0.15, -0.1) is 11.3 Å². The molecule has 2 heterocycles. The Labute approximate surface area is 153 Å². The molecule has 3 rings (SSSR count). The van der Waals surface area contributed by atoms with Gasteiger partial charge in [-0.3, -0.25) is 4.79 Å². The van der Waals surface area contributed by atoms with E-state index in [4.69, 9.17) is 4.74 Å². The highest BCUT2D eigenvalue weighted by molar-refractivity contribution is 7.09. The van der Waals surface area contributed by atoms with Crippen molar-refractivity contribution in [3.05, 3.63) is 52.2 Å². The molecule has 0 bridgehead atoms. The highest BCUT2D eigenvalue weighted by Gasteiger charge is 2.28. The van der Waals surface area contributed by atoms with E-state index in [2.05, 4.69) is 16.8 Å². The van der Waals surface area contributed by atoms with Gasteiger partial charge in [-0.05, 0) is 49.3 Å². The van der Waals surface area contributed by atoms with E-state index in [1.807, 2.05) is 35.2 Å². The highest BCUT2D eigenvalue weighted by Crippen LogP contribution is 2.25. The number of ether oxygens (including phenoxy) is 1. The van der Waals surface area contributed by atoms with Gasteiger partial charge in [0, 0.05) is 43.4 Å². The van der Waals surface area contributed by atoms with E-state index in [1.54, 1.807) is 18.4 Å². The predicted octanol–water partition coefficient (Wildman–Crippen LogP) is 4.39. The minimum absolute atomic E-state index is 0.134. The molecule has 1 amide bonds. The first kappa shape index (κ1) is 18.0. The van der Waals surface area contributed by atoms with Crippen LogP contribution in [0.4, 0.5) is 5.69 Å². The van der Waals surface area contributed by atoms with Gasteiger partial charge in [0.05, 0.1) is 5.56 Å². The first-order valence-corrected chi connectivity index (χ1v) is 9.82. The van der Waals surface area contributed by atoms with Crippen molar-refractivity contribution >= 4 is 22.9 Å². The Balaban J connectivity index is 1.74. The number of hydrogen-bond acceptors (Lipinski definition) is 4. The SMILES string of the molecule is COCC[C@H]1CCCCN1C(=O)c1ccccc1NCc1cccs1. The van der Waals surface area contributed by atoms with Crippen LogP contribution >= 0.6 is 11.3 Å². The van der Waals surface area contributed by atoms with Gasteiger partial charge >= 0.3 is 0 Å². The van der Waals surface area contributed by atoms with E-state index < -0.39 is 0 Å². The van der Waals surface area contributed by atoms with Crippen LogP contribution in [0, 0.1) is 0 Å². The number of carbonyl (C=O) groups excluding carboxylic acids is 1. The summed E-state index contributed by atoms with van der Waals surface area (Å²) in [5, 5.41) is 5.50. The molecule has 4 nitrogen and oxygen atoms in total. The fourth-order valence-electron chi connectivity index (χ4n) is 3.40. The number of benzene rings is 1. The van der Waals surface area contributed by atoms with Crippen molar-refractivity contribution in [2.24, 2.45) is 0 Å². The molecule has 2 aromatic rings. The largest absolute Gasteiger partial charge is 0.385 e. The van der Waals surface area contributed by atoms with Gasteiger partial charge in [-0.2, -0.15) is 0 Å². The molecule has 1 aliphatic rings. The fraction of sp³-hybridized carbons (Fsp3) is 0.450. The van der Waals surface area contributed by atoms with Crippen LogP contribution in [0.1, 0.15) is 40.9 Å². The smallest absolute Gasteiger partial charge is 0.256 e. The average Bonchev–Trinajstić information content (AvgIpc) is 3.18. The van der Waals surface area contributed by atoms with Gasteiger partial charge in [0.2, 0.25) is 0 Å². The predicted molar refractivity (Wildman–Crippen MR) is 103 cm³/mol. The second-order valence-electron chi connectivity index (χ2n) is 6.41. The lowest BCUT2D eigenvalue weighted by atomic mass is 9.98. The Morgan fingerprint density at radius 3 is 2.96 bits per heavy atom. The van der Waals surface area contributed by atoms with Crippen LogP contribution in [0.5, 0.6) is 0 Å². The number of rotatable bonds is 7. The number of nitrogens with zero attached hydrogens (tertiary/aromatic N) is 1. The Kier molecular flexibility index (Phi) is 6.48. The number of thiophene rings is 1. The fourth-order valence-corrected chi connectivity index (χ4v) is 4.04. The zero-order valence-electron chi connectivity index (χ0n) is 14.7. The number of methoxy groups -OCH3 is 1. The maximum Gasteiger partial charge on any atom is 0.256 e. The summed E-state index contributed by atoms with van der Waals surface area (Å²) >= 11 is 1.72. The lowest BCUT2D eigenvalue weighted by Gasteiger charge is -2.36. The second kappa shape index (κ2) is 9.02. The third-order valence-corrected chi connectivity index (χ3v) is 5.61. The molecule has 0 aliphatic carbocycles. The number of piperidine rings is 1. The monoisotopic (exact) mass is 358 g/mol. The quantitative estimate of drug-likeness (QED) is 0.798. The van der Waals surface area contributed by atoms with Gasteiger partial charge in [-0.25, -0.2) is 0 Å². The lowest BCUT2D eigenvalue weighted by molar-refractivity contribution is 0.0554. The van der Waals surface area contributed by atoms with E-state index in [0.29, 0.717) is 6.61 Å². The van der Waals surface area contributed by atoms with E-state index in [-0.39, 0.29) is 11.9 Å². The highest BCUT2D eigenvalue weighted by atomic mass is 32.1. The van der Waals surface area contributed by atoms with Gasteiger partial charge in [0.1, 0.15) is 0 Å². The van der Waals surface area contributed by atoms with Gasteiger partial charge in [0.15, 0.2) is 0 Å². The van der Waals surface area contributed by atoms with Crippen LogP contribution in [0.25, 0.3) is 0 Å². The number of carbonyl (C=O) groups is 1. The number of para-hydroxylation sites is 1. The lowest BCUT2D eigenvalue weighted by Crippen LogP contribution is -2.44. The Bertz CT molecular complexity index is 672. The van der Waals surface area contributed by atoms with Crippen LogP contribution in [0.2, 0.25) is 0 Å². The van der Waals surface area contributed by atoms with Crippen LogP contribution in [-0.2, 0) is 11.3 Å². The van der Waals surface area contributed by atoms with Gasteiger partial charge in [0.25, 0.3) is 5.91 Å². The average molecular weight is 359 g/mol. The summed E-state index contributed by atoms with van der Waals surface area (Å²) in [5.74, 6) is 0.134. The maximum atomic E-state index is 13.2. The van der Waals surface area contributed by atoms with Crippen LogP contribution in [0.15, 0.2) is 41.8 Å². The third kappa shape index (κ3) is 4.61. The molecule has 1 saturated heterocycles. The zero-order valence-corrected chi connectivity index (χ0v) is 15.6. The summed E-state index contributed by atoms with van der Waals surface area (Å²) in [6.45, 7) is 2.29. The molecule has 1 atom stereocenters. The van der Waals surface area contributed by atoms with Gasteiger partial charge < -0.3 is 15.0 Å². The molecular formula is C20H26N2O2S. The molecule has 1 aliphatic heterocycles. The molecule has 0 unspecified atom stereocenters. The maximum absolute atomic E-state index is 13.2. The topological polar surface area (TPSA) is 41.6 Å². The van der Waals surface area contributed by atoms with Crippen molar-refractivity contribution in [1.82, 2.24) is 4.90 Å². The zero-order chi connectivity index (χ0) is 17.5. The summed E-state index contributed by atoms with van der Waals surface area (Å²) < 4.78 is 5.23. The van der Waals surface area contributed by atoms with Crippen LogP contribution in [-0.4, -0.2) is 37.1 Å². The Morgan fingerprint density at radius 1 is 1.28 bits per heavy atom. The second-order valence-corrected chi connectivity index (χ2v) is 7.44. The summed E-state index contributed by atoms with van der Waals surface area (Å²) in [6.07, 6.45) is 4.25. The molecule has 0 spiro atoms. The Hall–Kier alpha value is -1.85. The normalized spacial score (nSPS) is 17.5. The summed E-state index contributed by atoms with van der Waals surface area (Å²) in [6, 6.07) is 12.3. The number of amides is 1. The van der Waals surface area contributed by atoms with Crippen LogP contribution in [0.3, 0.4) is 0 Å². The van der Waals surface area contributed by atoms with E-state index in [0.717, 1.165) is 43.6 Å². The van der Waals surface area contributed by atoms with Crippen molar-refractivity contribution in [2.75, 3.05) is 25.6 Å². The first-order valence-electron chi connectivity index (χ1n) is 8.95. The molecule has 0 saturated carbocycles. The van der Waals surface area contributed by atoms with Crippen molar-refractivity contribution in [1.29, 1.82) is 0 Å².